The average Bonchev–Trinajstić information content (AvgIpc) is 2.95. The Bertz CT molecular complexity index is 1480. The van der Waals surface area contributed by atoms with E-state index < -0.39 is 45.7 Å². The van der Waals surface area contributed by atoms with Crippen LogP contribution in [0.15, 0.2) is 78.9 Å². The van der Waals surface area contributed by atoms with E-state index in [-0.39, 0.29) is 17.0 Å². The van der Waals surface area contributed by atoms with Crippen molar-refractivity contribution in [1.29, 1.82) is 0 Å². The van der Waals surface area contributed by atoms with E-state index >= 15 is 0 Å². The second kappa shape index (κ2) is 10.5. The van der Waals surface area contributed by atoms with Gasteiger partial charge in [0.2, 0.25) is 0 Å². The quantitative estimate of drug-likeness (QED) is 0.253. The number of alkyl halides is 6. The van der Waals surface area contributed by atoms with Gasteiger partial charge in [0.05, 0.1) is 11.1 Å². The maximum atomic E-state index is 14.8. The minimum Gasteiger partial charge on any atom is -0.380 e. The zero-order chi connectivity index (χ0) is 28.7. The molecule has 1 saturated heterocycles. The summed E-state index contributed by atoms with van der Waals surface area (Å²) in [4.78, 5) is 5.95. The van der Waals surface area contributed by atoms with Crippen LogP contribution >= 0.6 is 0 Å². The number of hydrogen-bond acceptors (Lipinski definition) is 3. The van der Waals surface area contributed by atoms with E-state index in [1.54, 1.807) is 30.3 Å². The number of rotatable bonds is 5. The van der Waals surface area contributed by atoms with Crippen LogP contribution in [0.25, 0.3) is 22.0 Å². The predicted octanol–water partition coefficient (Wildman–Crippen LogP) is 7.91. The highest BCUT2D eigenvalue weighted by Crippen LogP contribution is 2.49. The fourth-order valence-electron chi connectivity index (χ4n) is 5.88. The van der Waals surface area contributed by atoms with Crippen LogP contribution < -0.4 is 0 Å². The van der Waals surface area contributed by atoms with Crippen molar-refractivity contribution in [1.82, 2.24) is 9.88 Å². The van der Waals surface area contributed by atoms with Gasteiger partial charge in [0.1, 0.15) is 5.60 Å². The molecule has 0 saturated carbocycles. The Labute approximate surface area is 228 Å². The second-order valence-electron chi connectivity index (χ2n) is 10.1. The number of likely N-dealkylation sites (tertiary alicyclic amines) is 1. The lowest BCUT2D eigenvalue weighted by molar-refractivity contribution is -0.143. The number of aromatic nitrogens is 1. The molecule has 1 unspecified atom stereocenters. The molecule has 1 atom stereocenters. The molecule has 1 aromatic heterocycles. The largest absolute Gasteiger partial charge is 0.433 e. The Hall–Kier alpha value is -3.43. The van der Waals surface area contributed by atoms with E-state index in [4.69, 9.17) is 0 Å². The minimum atomic E-state index is -5.14. The normalized spacial score (nSPS) is 17.2. The number of nitrogens with zero attached hydrogens (tertiary/aromatic N) is 2. The first-order valence-corrected chi connectivity index (χ1v) is 13.1. The molecular weight excluding hydrogens is 530 g/mol. The highest BCUT2D eigenvalue weighted by atomic mass is 19.4. The monoisotopic (exact) mass is 558 g/mol. The summed E-state index contributed by atoms with van der Waals surface area (Å²) in [6.07, 6.45) is -9.06. The number of piperidine rings is 1. The first kappa shape index (κ1) is 28.1. The molecule has 1 aliphatic heterocycles. The highest BCUT2D eigenvalue weighted by Gasteiger charge is 2.46. The van der Waals surface area contributed by atoms with Gasteiger partial charge in [-0.05, 0) is 67.2 Å². The van der Waals surface area contributed by atoms with Crippen LogP contribution in [0.3, 0.4) is 0 Å². The molecular formula is C31H28F6N2O. The molecule has 1 N–H and O–H groups in total. The molecule has 0 aliphatic carbocycles. The van der Waals surface area contributed by atoms with E-state index in [1.807, 2.05) is 6.92 Å². The van der Waals surface area contributed by atoms with E-state index in [0.29, 0.717) is 31.5 Å². The smallest absolute Gasteiger partial charge is 0.380 e. The van der Waals surface area contributed by atoms with Gasteiger partial charge in [-0.2, -0.15) is 26.3 Å². The van der Waals surface area contributed by atoms with Crippen LogP contribution in [0.5, 0.6) is 0 Å². The zero-order valence-electron chi connectivity index (χ0n) is 21.7. The lowest BCUT2D eigenvalue weighted by atomic mass is 9.71. The lowest BCUT2D eigenvalue weighted by Gasteiger charge is -2.42. The number of hydrogen-bond donors (Lipinski definition) is 1. The van der Waals surface area contributed by atoms with Crippen molar-refractivity contribution in [3.63, 3.8) is 0 Å². The molecule has 9 heteroatoms. The minimum absolute atomic E-state index is 0.187. The van der Waals surface area contributed by atoms with Gasteiger partial charge in [0.15, 0.2) is 5.69 Å². The van der Waals surface area contributed by atoms with Crippen molar-refractivity contribution in [3.8, 4) is 11.1 Å². The molecule has 210 valence electrons. The zero-order valence-corrected chi connectivity index (χ0v) is 21.7. The SMILES string of the molecule is CCN1CCC(C(O)(c2ccccc2)c2ccc3nc(C(F)(F)F)c(-c4ccccc4)c(C(F)(F)F)c3c2)CC1. The fraction of sp³-hybridized carbons (Fsp3) is 0.323. The molecule has 1 aliphatic rings. The van der Waals surface area contributed by atoms with Gasteiger partial charge in [0, 0.05) is 10.9 Å². The van der Waals surface area contributed by atoms with Crippen LogP contribution in [-0.4, -0.2) is 34.6 Å². The Morgan fingerprint density at radius 3 is 1.95 bits per heavy atom. The standard InChI is InChI=1S/C31H28F6N2O/c1-2-39-17-15-22(16-18-39)29(40,21-11-7-4-8-12-21)23-13-14-25-24(19-23)27(30(32,33)34)26(20-9-5-3-6-10-20)28(38-25)31(35,36)37/h3-14,19,22,40H,2,15-18H2,1H3. The molecule has 2 heterocycles. The topological polar surface area (TPSA) is 36.4 Å². The molecule has 40 heavy (non-hydrogen) atoms. The van der Waals surface area contributed by atoms with Crippen LogP contribution in [0.2, 0.25) is 0 Å². The summed E-state index contributed by atoms with van der Waals surface area (Å²) < 4.78 is 86.7. The summed E-state index contributed by atoms with van der Waals surface area (Å²) in [5.41, 5.74) is -5.69. The van der Waals surface area contributed by atoms with Crippen molar-refractivity contribution in [3.05, 3.63) is 101 Å². The van der Waals surface area contributed by atoms with E-state index in [0.717, 1.165) is 12.6 Å². The van der Waals surface area contributed by atoms with Crippen molar-refractivity contribution in [2.24, 2.45) is 5.92 Å². The first-order valence-electron chi connectivity index (χ1n) is 13.1. The van der Waals surface area contributed by atoms with Crippen molar-refractivity contribution in [2.45, 2.75) is 37.7 Å². The third-order valence-electron chi connectivity index (χ3n) is 7.88. The van der Waals surface area contributed by atoms with Gasteiger partial charge >= 0.3 is 12.4 Å². The third-order valence-corrected chi connectivity index (χ3v) is 7.88. The first-order chi connectivity index (χ1) is 18.9. The summed E-state index contributed by atoms with van der Waals surface area (Å²) in [5, 5.41) is 11.9. The van der Waals surface area contributed by atoms with Gasteiger partial charge < -0.3 is 10.0 Å². The highest BCUT2D eigenvalue weighted by molar-refractivity contribution is 5.91. The van der Waals surface area contributed by atoms with E-state index in [2.05, 4.69) is 9.88 Å². The summed E-state index contributed by atoms with van der Waals surface area (Å²) >= 11 is 0. The maximum Gasteiger partial charge on any atom is 0.433 e. The average molecular weight is 559 g/mol. The van der Waals surface area contributed by atoms with Crippen molar-refractivity contribution in [2.75, 3.05) is 19.6 Å². The van der Waals surface area contributed by atoms with Gasteiger partial charge in [-0.1, -0.05) is 73.7 Å². The van der Waals surface area contributed by atoms with Crippen LogP contribution in [-0.2, 0) is 18.0 Å². The Kier molecular flexibility index (Phi) is 7.39. The van der Waals surface area contributed by atoms with Gasteiger partial charge in [-0.3, -0.25) is 0 Å². The predicted molar refractivity (Wildman–Crippen MR) is 141 cm³/mol. The molecule has 4 aromatic rings. The van der Waals surface area contributed by atoms with Gasteiger partial charge in [0.25, 0.3) is 0 Å². The number of fused-ring (bicyclic) bond motifs is 1. The molecule has 0 spiro atoms. The van der Waals surface area contributed by atoms with Gasteiger partial charge in [-0.25, -0.2) is 4.98 Å². The Morgan fingerprint density at radius 2 is 1.40 bits per heavy atom. The van der Waals surface area contributed by atoms with Crippen LogP contribution in [0, 0.1) is 5.92 Å². The maximum absolute atomic E-state index is 14.8. The molecule has 5 rings (SSSR count). The molecule has 3 nitrogen and oxygen atoms in total. The summed E-state index contributed by atoms with van der Waals surface area (Å²) in [5.74, 6) is -0.319. The number of aliphatic hydroxyl groups is 1. The van der Waals surface area contributed by atoms with Crippen molar-refractivity contribution >= 4 is 10.9 Å². The molecule has 0 amide bonds. The number of pyridine rings is 1. The van der Waals surface area contributed by atoms with Crippen LogP contribution in [0.4, 0.5) is 26.3 Å². The molecule has 0 bridgehead atoms. The summed E-state index contributed by atoms with van der Waals surface area (Å²) in [6, 6.07) is 19.1. The summed E-state index contributed by atoms with van der Waals surface area (Å²) in [7, 11) is 0. The van der Waals surface area contributed by atoms with Crippen molar-refractivity contribution < 1.29 is 31.4 Å². The fourth-order valence-corrected chi connectivity index (χ4v) is 5.88. The van der Waals surface area contributed by atoms with E-state index in [1.165, 1.54) is 42.5 Å². The Balaban J connectivity index is 1.81. The summed E-state index contributed by atoms with van der Waals surface area (Å²) in [6.45, 7) is 4.31. The number of benzene rings is 3. The second-order valence-corrected chi connectivity index (χ2v) is 10.1. The third kappa shape index (κ3) is 5.08. The molecule has 0 radical (unpaired) electrons. The van der Waals surface area contributed by atoms with Gasteiger partial charge in [-0.15, -0.1) is 0 Å². The lowest BCUT2D eigenvalue weighted by Crippen LogP contribution is -2.44. The van der Waals surface area contributed by atoms with Crippen LogP contribution in [0.1, 0.15) is 42.1 Å². The molecule has 3 aromatic carbocycles. The molecule has 1 fully saturated rings. The van der Waals surface area contributed by atoms with E-state index in [9.17, 15) is 31.4 Å². The number of halogens is 6. The Morgan fingerprint density at radius 1 is 0.800 bits per heavy atom.